The van der Waals surface area contributed by atoms with Crippen LogP contribution in [0.2, 0.25) is 0 Å². The molecule has 0 radical (unpaired) electrons. The van der Waals surface area contributed by atoms with Gasteiger partial charge in [0.25, 0.3) is 5.91 Å². The van der Waals surface area contributed by atoms with Crippen LogP contribution in [0, 0.1) is 5.82 Å². The van der Waals surface area contributed by atoms with Gasteiger partial charge in [0.15, 0.2) is 0 Å². The van der Waals surface area contributed by atoms with Crippen molar-refractivity contribution in [1.82, 2.24) is 4.57 Å². The first kappa shape index (κ1) is 41.0. The van der Waals surface area contributed by atoms with Crippen molar-refractivity contribution < 1.29 is 34.4 Å². The molecule has 2 atom stereocenters. The van der Waals surface area contributed by atoms with E-state index in [4.69, 9.17) is 22.9 Å². The molecule has 3 aromatic carbocycles. The van der Waals surface area contributed by atoms with Gasteiger partial charge in [-0.05, 0) is 66.3 Å². The molecule has 0 aliphatic heterocycles. The molecule has 0 bridgehead atoms. The van der Waals surface area contributed by atoms with Gasteiger partial charge in [0.2, 0.25) is 5.96 Å². The van der Waals surface area contributed by atoms with Crippen molar-refractivity contribution in [2.75, 3.05) is 5.32 Å². The lowest BCUT2D eigenvalue weighted by atomic mass is 9.94. The largest absolute Gasteiger partial charge is 0.550 e. The van der Waals surface area contributed by atoms with Gasteiger partial charge in [-0.2, -0.15) is 5.10 Å². The van der Waals surface area contributed by atoms with Crippen molar-refractivity contribution in [2.45, 2.75) is 57.8 Å². The van der Waals surface area contributed by atoms with Crippen LogP contribution < -0.4 is 50.1 Å². The Labute approximate surface area is 295 Å². The van der Waals surface area contributed by atoms with E-state index in [0.29, 0.717) is 28.1 Å². The summed E-state index contributed by atoms with van der Waals surface area (Å²) >= 11 is 0. The smallest absolute Gasteiger partial charge is 0.360 e. The first-order valence-corrected chi connectivity index (χ1v) is 15.8. The summed E-state index contributed by atoms with van der Waals surface area (Å²) in [6.07, 6.45) is -2.77. The number of nitrogens with two attached hydrogens (primary N) is 6. The zero-order valence-corrected chi connectivity index (χ0v) is 28.5. The highest BCUT2D eigenvalue weighted by molar-refractivity contribution is 6.12. The Morgan fingerprint density at radius 1 is 0.902 bits per heavy atom. The summed E-state index contributed by atoms with van der Waals surface area (Å²) in [7, 11) is 0. The minimum Gasteiger partial charge on any atom is -0.550 e. The van der Waals surface area contributed by atoms with Crippen LogP contribution in [0.4, 0.5) is 10.1 Å². The highest BCUT2D eigenvalue weighted by Gasteiger charge is 2.30. The monoisotopic (exact) mass is 706 g/mol. The van der Waals surface area contributed by atoms with Crippen molar-refractivity contribution >= 4 is 29.5 Å². The number of hydrazone groups is 2. The number of hydrazine groups is 1. The van der Waals surface area contributed by atoms with Crippen LogP contribution in [0.15, 0.2) is 90.0 Å². The summed E-state index contributed by atoms with van der Waals surface area (Å²) in [4.78, 5) is 24.9. The van der Waals surface area contributed by atoms with E-state index < -0.39 is 30.4 Å². The van der Waals surface area contributed by atoms with Crippen LogP contribution >= 0.6 is 0 Å². The van der Waals surface area contributed by atoms with Crippen LogP contribution in [0.3, 0.4) is 0 Å². The summed E-state index contributed by atoms with van der Waals surface area (Å²) in [5, 5.41) is 39.5. The van der Waals surface area contributed by atoms with Gasteiger partial charge in [0, 0.05) is 35.9 Å². The van der Waals surface area contributed by atoms with E-state index in [2.05, 4.69) is 22.1 Å². The lowest BCUT2D eigenvalue weighted by Crippen LogP contribution is -2.84. The maximum absolute atomic E-state index is 14.0. The number of para-hydroxylation sites is 1. The van der Waals surface area contributed by atoms with E-state index in [-0.39, 0.29) is 43.1 Å². The second-order valence-electron chi connectivity index (χ2n) is 11.5. The fourth-order valence-electron chi connectivity index (χ4n) is 5.19. The molecule has 0 saturated heterocycles. The van der Waals surface area contributed by atoms with Crippen LogP contribution in [0.1, 0.15) is 55.1 Å². The van der Waals surface area contributed by atoms with E-state index in [1.54, 1.807) is 24.3 Å². The van der Waals surface area contributed by atoms with Crippen LogP contribution in [-0.2, 0) is 11.3 Å². The van der Waals surface area contributed by atoms with E-state index in [1.807, 2.05) is 72.0 Å². The number of carboxylic acid groups (broad SMARTS) is 1. The average Bonchev–Trinajstić information content (AvgIpc) is 3.44. The SMILES string of the molecule is CC(C)c1c(C(=O)Nc2ccccc2)c(-c2ccccc2)c(-c2ccc(F)cc2)n1CC[C@@H](O)C[C@@H](O)CC(=O)[O-].NN=C(N)N.N[NH+]=C(N)N. The normalized spacial score (nSPS) is 11.5. The second-order valence-corrected chi connectivity index (χ2v) is 11.5. The number of amides is 1. The first-order chi connectivity index (χ1) is 24.2. The minimum absolute atomic E-state index is 0.0324. The number of hydrogen-bond donors (Lipinski definition) is 10. The van der Waals surface area contributed by atoms with Gasteiger partial charge >= 0.3 is 5.96 Å². The third-order valence-corrected chi connectivity index (χ3v) is 7.24. The number of nitrogens with zero attached hydrogens (tertiary/aromatic N) is 2. The number of aliphatic hydroxyl groups excluding tert-OH is 2. The van der Waals surface area contributed by atoms with Gasteiger partial charge in [-0.15, -0.1) is 5.10 Å². The van der Waals surface area contributed by atoms with Crippen molar-refractivity contribution in [2.24, 2.45) is 39.7 Å². The topological polar surface area (TPSA) is 297 Å². The number of benzene rings is 3. The molecule has 0 fully saturated rings. The molecule has 15 nitrogen and oxygen atoms in total. The van der Waals surface area contributed by atoms with Gasteiger partial charge in [0.05, 0.1) is 23.5 Å². The van der Waals surface area contributed by atoms with E-state index >= 15 is 0 Å². The fraction of sp³-hybridized carbons (Fsp3) is 0.257. The number of rotatable bonds is 12. The van der Waals surface area contributed by atoms with Gasteiger partial charge in [-0.1, -0.05) is 62.4 Å². The average molecular weight is 707 g/mol. The van der Waals surface area contributed by atoms with Crippen molar-refractivity contribution in [1.29, 1.82) is 0 Å². The number of halogens is 1. The lowest BCUT2D eigenvalue weighted by molar-refractivity contribution is -0.471. The number of carbonyl (C=O) groups excluding carboxylic acids is 2. The quantitative estimate of drug-likeness (QED) is 0.0381. The van der Waals surface area contributed by atoms with Gasteiger partial charge < -0.3 is 47.3 Å². The summed E-state index contributed by atoms with van der Waals surface area (Å²) < 4.78 is 16.0. The van der Waals surface area contributed by atoms with Gasteiger partial charge in [0.1, 0.15) is 5.82 Å². The van der Waals surface area contributed by atoms with Crippen LogP contribution in [-0.4, -0.2) is 50.8 Å². The standard InChI is InChI=1S/C33H35FN2O5.2CH6N4/c1-21(2)31-30(33(41)35-25-11-7-4-8-12-25)29(22-9-5-3-6-10-22)32(23-13-15-24(34)16-14-23)36(31)18-17-26(37)19-27(38)20-28(39)40;2*2-1(3)5-4/h3-16,21,26-27,37-38H,17-20H2,1-2H3,(H,35,41)(H,39,40);2*4H2,(H4,2,3,5)/t26-,27-;;/m1../s1. The number of carboxylic acids is 1. The zero-order valence-electron chi connectivity index (χ0n) is 28.5. The summed E-state index contributed by atoms with van der Waals surface area (Å²) in [5.74, 6) is 6.88. The molecule has 1 heterocycles. The fourth-order valence-corrected chi connectivity index (χ4v) is 5.19. The van der Waals surface area contributed by atoms with Crippen LogP contribution in [0.25, 0.3) is 22.4 Å². The van der Waals surface area contributed by atoms with Crippen molar-refractivity contribution in [3.8, 4) is 22.4 Å². The molecule has 51 heavy (non-hydrogen) atoms. The Morgan fingerprint density at radius 2 is 1.43 bits per heavy atom. The minimum atomic E-state index is -1.39. The molecule has 16 N–H and O–H groups in total. The number of anilines is 1. The zero-order chi connectivity index (χ0) is 38.1. The Morgan fingerprint density at radius 3 is 1.90 bits per heavy atom. The van der Waals surface area contributed by atoms with Crippen LogP contribution in [0.5, 0.6) is 0 Å². The number of aliphatic carboxylic acids is 1. The van der Waals surface area contributed by atoms with Crippen molar-refractivity contribution in [3.05, 3.63) is 102 Å². The molecule has 0 aliphatic carbocycles. The highest BCUT2D eigenvalue weighted by atomic mass is 19.1. The van der Waals surface area contributed by atoms with Gasteiger partial charge in [-0.3, -0.25) is 22.1 Å². The van der Waals surface area contributed by atoms with Crippen molar-refractivity contribution in [3.63, 3.8) is 0 Å². The predicted octanol–water partition coefficient (Wildman–Crippen LogP) is -0.673. The Balaban J connectivity index is 0.000000793. The molecule has 1 aromatic heterocycles. The maximum atomic E-state index is 14.0. The van der Waals surface area contributed by atoms with E-state index in [1.165, 1.54) is 12.1 Å². The molecule has 274 valence electrons. The lowest BCUT2D eigenvalue weighted by Gasteiger charge is -2.20. The number of aromatic nitrogens is 1. The predicted molar refractivity (Wildman–Crippen MR) is 193 cm³/mol. The molecule has 0 saturated carbocycles. The molecule has 16 heteroatoms. The molecule has 0 aliphatic rings. The molecule has 0 spiro atoms. The number of hydrogen-bond acceptors (Lipinski definition) is 8. The Bertz CT molecular complexity index is 1720. The highest BCUT2D eigenvalue weighted by Crippen LogP contribution is 2.42. The van der Waals surface area contributed by atoms with Gasteiger partial charge in [-0.25, -0.2) is 4.39 Å². The second kappa shape index (κ2) is 20.4. The first-order valence-electron chi connectivity index (χ1n) is 15.8. The molecule has 0 unspecified atom stereocenters. The maximum Gasteiger partial charge on any atom is 0.360 e. The summed E-state index contributed by atoms with van der Waals surface area (Å²) in [6, 6.07) is 24.7. The molecule has 1 amide bonds. The third kappa shape index (κ3) is 13.0. The number of aliphatic hydroxyl groups is 2. The number of carbonyl (C=O) groups is 2. The Kier molecular flexibility index (Phi) is 16.4. The number of nitrogens with one attached hydrogen (secondary N) is 2. The number of guanidine groups is 2. The molecular weight excluding hydrogens is 659 g/mol. The molecule has 4 rings (SSSR count). The summed E-state index contributed by atoms with van der Waals surface area (Å²) in [6.45, 7) is 4.22. The third-order valence-electron chi connectivity index (χ3n) is 7.24. The summed E-state index contributed by atoms with van der Waals surface area (Å²) in [5.41, 5.74) is 23.6. The molecular formula is C35H47FN10O5. The van der Waals surface area contributed by atoms with E-state index in [9.17, 15) is 29.3 Å². The Hall–Kier alpha value is -6.13. The van der Waals surface area contributed by atoms with E-state index in [0.717, 1.165) is 11.3 Å². The molecule has 4 aromatic rings.